The summed E-state index contributed by atoms with van der Waals surface area (Å²) >= 11 is 6.64. The molecular formula is C19H14BrIN2O4S. The lowest BCUT2D eigenvalue weighted by molar-refractivity contribution is -0.122. The molecule has 0 bridgehead atoms. The number of phenols is 1. The molecule has 0 spiro atoms. The first-order valence-electron chi connectivity index (χ1n) is 8.11. The number of carbonyl (C=O) groups excluding carboxylic acids is 1. The highest BCUT2D eigenvalue weighted by Gasteiger charge is 2.32. The Morgan fingerprint density at radius 2 is 2.00 bits per heavy atom. The first kappa shape index (κ1) is 20.9. The van der Waals surface area contributed by atoms with E-state index in [1.807, 2.05) is 29.5 Å². The van der Waals surface area contributed by atoms with Gasteiger partial charge in [0, 0.05) is 16.6 Å². The van der Waals surface area contributed by atoms with Crippen LogP contribution < -0.4 is 0 Å². The van der Waals surface area contributed by atoms with E-state index >= 15 is 0 Å². The predicted molar refractivity (Wildman–Crippen MR) is 122 cm³/mol. The molecule has 1 fully saturated rings. The van der Waals surface area contributed by atoms with Crippen LogP contribution in [0.15, 0.2) is 50.8 Å². The first-order valence-corrected chi connectivity index (χ1v) is 10.8. The van der Waals surface area contributed by atoms with Gasteiger partial charge in [-0.1, -0.05) is 15.9 Å². The Morgan fingerprint density at radius 3 is 2.61 bits per heavy atom. The van der Waals surface area contributed by atoms with Gasteiger partial charge in [0.15, 0.2) is 5.17 Å². The van der Waals surface area contributed by atoms with E-state index in [0.29, 0.717) is 31.4 Å². The Labute approximate surface area is 187 Å². The van der Waals surface area contributed by atoms with E-state index in [9.17, 15) is 14.7 Å². The van der Waals surface area contributed by atoms with E-state index in [2.05, 4.69) is 20.9 Å². The van der Waals surface area contributed by atoms with E-state index in [0.717, 1.165) is 4.47 Å². The monoisotopic (exact) mass is 572 g/mol. The van der Waals surface area contributed by atoms with Gasteiger partial charge in [0.2, 0.25) is 0 Å². The SMILES string of the molecule is CCN1C(=O)C(=Cc2cc(Br)cc(I)c2O)SC1=Nc1ccc(C(=O)O)cc1. The number of aliphatic imine (C=N–C) groups is 1. The minimum absolute atomic E-state index is 0.113. The lowest BCUT2D eigenvalue weighted by Gasteiger charge is -2.12. The largest absolute Gasteiger partial charge is 0.506 e. The van der Waals surface area contributed by atoms with Gasteiger partial charge in [0.05, 0.1) is 19.7 Å². The minimum Gasteiger partial charge on any atom is -0.506 e. The van der Waals surface area contributed by atoms with E-state index in [1.165, 1.54) is 23.9 Å². The number of amides is 1. The van der Waals surface area contributed by atoms with Gasteiger partial charge in [0.1, 0.15) is 5.75 Å². The second-order valence-electron chi connectivity index (χ2n) is 5.73. The van der Waals surface area contributed by atoms with Crippen LogP contribution in [0.4, 0.5) is 5.69 Å². The van der Waals surface area contributed by atoms with Crippen molar-refractivity contribution in [1.29, 1.82) is 0 Å². The number of aromatic hydroxyl groups is 1. The van der Waals surface area contributed by atoms with Crippen LogP contribution in [0.25, 0.3) is 6.08 Å². The number of carboxylic acids is 1. The van der Waals surface area contributed by atoms with Crippen LogP contribution in [-0.2, 0) is 4.79 Å². The second-order valence-corrected chi connectivity index (χ2v) is 8.82. The highest BCUT2D eigenvalue weighted by Crippen LogP contribution is 2.37. The number of likely N-dealkylation sites (N-methyl/N-ethyl adjacent to an activating group) is 1. The van der Waals surface area contributed by atoms with E-state index in [-0.39, 0.29) is 17.2 Å². The van der Waals surface area contributed by atoms with Crippen LogP contribution >= 0.6 is 50.3 Å². The third-order valence-electron chi connectivity index (χ3n) is 3.89. The number of hydrogen-bond acceptors (Lipinski definition) is 5. The van der Waals surface area contributed by atoms with E-state index < -0.39 is 5.97 Å². The minimum atomic E-state index is -1.01. The van der Waals surface area contributed by atoms with Crippen molar-refractivity contribution in [2.24, 2.45) is 4.99 Å². The molecule has 1 amide bonds. The molecule has 2 aromatic carbocycles. The Balaban J connectivity index is 1.95. The fourth-order valence-electron chi connectivity index (χ4n) is 2.50. The van der Waals surface area contributed by atoms with Gasteiger partial charge in [-0.3, -0.25) is 9.69 Å². The number of aromatic carboxylic acids is 1. The quantitative estimate of drug-likeness (QED) is 0.394. The molecule has 28 heavy (non-hydrogen) atoms. The second kappa shape index (κ2) is 8.66. The average molecular weight is 573 g/mol. The predicted octanol–water partition coefficient (Wildman–Crippen LogP) is 5.08. The first-order chi connectivity index (χ1) is 13.3. The molecule has 2 N–H and O–H groups in total. The summed E-state index contributed by atoms with van der Waals surface area (Å²) in [5, 5.41) is 19.8. The maximum Gasteiger partial charge on any atom is 0.335 e. The van der Waals surface area contributed by atoms with Crippen LogP contribution in [0.2, 0.25) is 0 Å². The molecule has 3 rings (SSSR count). The van der Waals surface area contributed by atoms with Crippen molar-refractivity contribution < 1.29 is 19.8 Å². The molecule has 0 saturated carbocycles. The van der Waals surface area contributed by atoms with Crippen LogP contribution in [0, 0.1) is 3.57 Å². The lowest BCUT2D eigenvalue weighted by atomic mass is 10.2. The molecule has 0 atom stereocenters. The molecular weight excluding hydrogens is 559 g/mol. The number of nitrogens with zero attached hydrogens (tertiary/aromatic N) is 2. The zero-order valence-corrected chi connectivity index (χ0v) is 19.1. The maximum atomic E-state index is 12.7. The van der Waals surface area contributed by atoms with Crippen LogP contribution in [-0.4, -0.2) is 38.7 Å². The van der Waals surface area contributed by atoms with Crippen molar-refractivity contribution in [2.75, 3.05) is 6.54 Å². The van der Waals surface area contributed by atoms with Crippen molar-refractivity contribution in [3.8, 4) is 5.75 Å². The third kappa shape index (κ3) is 4.41. The summed E-state index contributed by atoms with van der Waals surface area (Å²) in [5.74, 6) is -1.08. The average Bonchev–Trinajstić information content (AvgIpc) is 2.94. The van der Waals surface area contributed by atoms with Crippen molar-refractivity contribution in [3.05, 3.63) is 60.5 Å². The van der Waals surface area contributed by atoms with Gasteiger partial charge >= 0.3 is 5.97 Å². The summed E-state index contributed by atoms with van der Waals surface area (Å²) in [6, 6.07) is 9.66. The van der Waals surface area contributed by atoms with Gasteiger partial charge in [-0.25, -0.2) is 9.79 Å². The van der Waals surface area contributed by atoms with Gasteiger partial charge in [-0.15, -0.1) is 0 Å². The number of carbonyl (C=O) groups is 2. The van der Waals surface area contributed by atoms with Crippen molar-refractivity contribution in [3.63, 3.8) is 0 Å². The van der Waals surface area contributed by atoms with E-state index in [1.54, 1.807) is 35.2 Å². The number of thioether (sulfide) groups is 1. The molecule has 1 aliphatic heterocycles. The topological polar surface area (TPSA) is 90.2 Å². The molecule has 6 nitrogen and oxygen atoms in total. The van der Waals surface area contributed by atoms with E-state index in [4.69, 9.17) is 5.11 Å². The van der Waals surface area contributed by atoms with Gasteiger partial charge in [-0.2, -0.15) is 0 Å². The zero-order valence-electron chi connectivity index (χ0n) is 14.5. The van der Waals surface area contributed by atoms with Gasteiger partial charge in [-0.05, 0) is 83.8 Å². The van der Waals surface area contributed by atoms with Crippen LogP contribution in [0.1, 0.15) is 22.8 Å². The molecule has 1 heterocycles. The summed E-state index contributed by atoms with van der Waals surface area (Å²) < 4.78 is 1.48. The highest BCUT2D eigenvalue weighted by atomic mass is 127. The summed E-state index contributed by atoms with van der Waals surface area (Å²) in [5.41, 5.74) is 1.27. The standard InChI is InChI=1S/C19H14BrIN2O4S/c1-2-23-17(25)15(8-11-7-12(20)9-14(21)16(11)24)28-19(23)22-13-5-3-10(4-6-13)18(26)27/h3-9,24H,2H2,1H3,(H,26,27). The number of carboxylic acid groups (broad SMARTS) is 1. The molecule has 0 radical (unpaired) electrons. The molecule has 1 saturated heterocycles. The Hall–Kier alpha value is -1.85. The smallest absolute Gasteiger partial charge is 0.335 e. The maximum absolute atomic E-state index is 12.7. The molecule has 144 valence electrons. The molecule has 1 aliphatic rings. The summed E-state index contributed by atoms with van der Waals surface area (Å²) in [6.45, 7) is 2.29. The fourth-order valence-corrected chi connectivity index (χ4v) is 5.10. The molecule has 0 aliphatic carbocycles. The van der Waals surface area contributed by atoms with Gasteiger partial charge in [0.25, 0.3) is 5.91 Å². The zero-order chi connectivity index (χ0) is 20.4. The lowest BCUT2D eigenvalue weighted by Crippen LogP contribution is -2.28. The highest BCUT2D eigenvalue weighted by molar-refractivity contribution is 14.1. The summed E-state index contributed by atoms with van der Waals surface area (Å²) in [4.78, 5) is 30.2. The Bertz CT molecular complexity index is 1020. The number of phenolic OH excluding ortho intramolecular Hbond substituents is 1. The Morgan fingerprint density at radius 1 is 1.32 bits per heavy atom. The van der Waals surface area contributed by atoms with Crippen molar-refractivity contribution >= 4 is 79.1 Å². The fraction of sp³-hybridized carbons (Fsp3) is 0.105. The number of halogens is 2. The number of hydrogen-bond donors (Lipinski definition) is 2. The molecule has 0 aromatic heterocycles. The molecule has 2 aromatic rings. The summed E-state index contributed by atoms with van der Waals surface area (Å²) in [7, 11) is 0. The van der Waals surface area contributed by atoms with Crippen LogP contribution in [0.3, 0.4) is 0 Å². The van der Waals surface area contributed by atoms with Crippen molar-refractivity contribution in [1.82, 2.24) is 4.90 Å². The Kier molecular flexibility index (Phi) is 6.46. The summed E-state index contributed by atoms with van der Waals surface area (Å²) in [6.07, 6.45) is 1.65. The molecule has 0 unspecified atom stereocenters. The van der Waals surface area contributed by atoms with Crippen molar-refractivity contribution in [2.45, 2.75) is 6.92 Å². The van der Waals surface area contributed by atoms with Crippen LogP contribution in [0.5, 0.6) is 5.75 Å². The number of benzene rings is 2. The normalized spacial score (nSPS) is 17.0. The number of amidine groups is 1. The molecule has 9 heteroatoms. The number of rotatable bonds is 4. The van der Waals surface area contributed by atoms with Gasteiger partial charge < -0.3 is 10.2 Å². The third-order valence-corrected chi connectivity index (χ3v) is 6.17.